The van der Waals surface area contributed by atoms with Crippen LogP contribution in [0.1, 0.15) is 18.4 Å². The van der Waals surface area contributed by atoms with Crippen molar-refractivity contribution in [3.63, 3.8) is 0 Å². The van der Waals surface area contributed by atoms with Crippen LogP contribution in [0.2, 0.25) is 5.02 Å². The van der Waals surface area contributed by atoms with E-state index in [0.29, 0.717) is 48.3 Å². The van der Waals surface area contributed by atoms with Gasteiger partial charge in [-0.2, -0.15) is 4.31 Å². The summed E-state index contributed by atoms with van der Waals surface area (Å²) < 4.78 is 38.6. The molecule has 1 unspecified atom stereocenters. The number of benzene rings is 2. The quantitative estimate of drug-likeness (QED) is 0.795. The van der Waals surface area contributed by atoms with Crippen LogP contribution in [0.3, 0.4) is 0 Å². The first kappa shape index (κ1) is 20.0. The van der Waals surface area contributed by atoms with E-state index >= 15 is 0 Å². The molecule has 0 spiro atoms. The van der Waals surface area contributed by atoms with E-state index in [1.54, 1.807) is 24.3 Å². The minimum absolute atomic E-state index is 0.0832. The Morgan fingerprint density at radius 1 is 1.14 bits per heavy atom. The number of carbonyl (C=O) groups excluding carboxylic acids is 1. The van der Waals surface area contributed by atoms with Crippen molar-refractivity contribution in [2.45, 2.75) is 30.7 Å². The molecule has 0 aromatic heterocycles. The number of sulfonamides is 1. The van der Waals surface area contributed by atoms with Gasteiger partial charge in [0.2, 0.25) is 15.9 Å². The van der Waals surface area contributed by atoms with Crippen molar-refractivity contribution in [2.75, 3.05) is 25.1 Å². The number of rotatable bonds is 4. The van der Waals surface area contributed by atoms with Gasteiger partial charge in [-0.15, -0.1) is 0 Å². The third-order valence-corrected chi connectivity index (χ3v) is 7.38. The molecule has 1 fully saturated rings. The Morgan fingerprint density at radius 3 is 2.66 bits per heavy atom. The first-order valence-corrected chi connectivity index (χ1v) is 11.2. The van der Waals surface area contributed by atoms with Gasteiger partial charge in [0.25, 0.3) is 0 Å². The average molecular weight is 437 g/mol. The lowest BCUT2D eigenvalue weighted by Gasteiger charge is -2.24. The minimum Gasteiger partial charge on any atom is -0.486 e. The molecule has 2 aliphatic rings. The first-order valence-electron chi connectivity index (χ1n) is 9.35. The molecule has 1 amide bonds. The van der Waals surface area contributed by atoms with Gasteiger partial charge in [0.15, 0.2) is 11.5 Å². The monoisotopic (exact) mass is 436 g/mol. The Balaban J connectivity index is 1.56. The summed E-state index contributed by atoms with van der Waals surface area (Å²) in [7, 11) is -3.86. The van der Waals surface area contributed by atoms with E-state index in [2.05, 4.69) is 5.32 Å². The second-order valence-electron chi connectivity index (χ2n) is 7.03. The van der Waals surface area contributed by atoms with Crippen LogP contribution in [0.25, 0.3) is 0 Å². The number of amides is 1. The maximum absolute atomic E-state index is 13.2. The molecule has 1 atom stereocenters. The summed E-state index contributed by atoms with van der Waals surface area (Å²) in [4.78, 5) is 12.9. The number of nitrogens with zero attached hydrogens (tertiary/aromatic N) is 1. The number of hydrogen-bond acceptors (Lipinski definition) is 5. The molecule has 9 heteroatoms. The van der Waals surface area contributed by atoms with E-state index in [1.807, 2.05) is 6.92 Å². The first-order chi connectivity index (χ1) is 13.9. The summed E-state index contributed by atoms with van der Waals surface area (Å²) in [5.41, 5.74) is 1.43. The Labute approximate surface area is 174 Å². The SMILES string of the molecule is Cc1ccc(NC(=O)C2CCCN2S(=O)(=O)c2ccc3c(c2)OCCO3)cc1Cl. The molecule has 154 valence electrons. The van der Waals surface area contributed by atoms with Gasteiger partial charge >= 0.3 is 0 Å². The van der Waals surface area contributed by atoms with E-state index in [1.165, 1.54) is 16.4 Å². The Bertz CT molecular complexity index is 1060. The van der Waals surface area contributed by atoms with Gasteiger partial charge in [-0.3, -0.25) is 4.79 Å². The number of nitrogens with one attached hydrogen (secondary N) is 1. The van der Waals surface area contributed by atoms with E-state index in [-0.39, 0.29) is 17.3 Å². The van der Waals surface area contributed by atoms with Crippen LogP contribution in [-0.2, 0) is 14.8 Å². The Kier molecular flexibility index (Phi) is 5.42. The summed E-state index contributed by atoms with van der Waals surface area (Å²) in [6, 6.07) is 8.94. The lowest BCUT2D eigenvalue weighted by molar-refractivity contribution is -0.119. The van der Waals surface area contributed by atoms with E-state index in [0.717, 1.165) is 5.56 Å². The van der Waals surface area contributed by atoms with E-state index in [4.69, 9.17) is 21.1 Å². The molecule has 0 bridgehead atoms. The standard InChI is InChI=1S/C20H21ClN2O5S/c1-13-4-5-14(11-16(13)21)22-20(24)17-3-2-8-23(17)29(25,26)15-6-7-18-19(12-15)28-10-9-27-18/h4-7,11-12,17H,2-3,8-10H2,1H3,(H,22,24). The van der Waals surface area contributed by atoms with Gasteiger partial charge in [-0.1, -0.05) is 17.7 Å². The van der Waals surface area contributed by atoms with Crippen molar-refractivity contribution < 1.29 is 22.7 Å². The van der Waals surface area contributed by atoms with E-state index < -0.39 is 16.1 Å². The molecule has 0 aliphatic carbocycles. The predicted molar refractivity (Wildman–Crippen MR) is 109 cm³/mol. The molecule has 1 N–H and O–H groups in total. The maximum atomic E-state index is 13.2. The number of ether oxygens (including phenoxy) is 2. The second kappa shape index (κ2) is 7.85. The number of fused-ring (bicyclic) bond motifs is 1. The average Bonchev–Trinajstić information content (AvgIpc) is 3.21. The summed E-state index contributed by atoms with van der Waals surface area (Å²) >= 11 is 6.12. The fourth-order valence-corrected chi connectivity index (χ4v) is 5.36. The van der Waals surface area contributed by atoms with Gasteiger partial charge < -0.3 is 14.8 Å². The summed E-state index contributed by atoms with van der Waals surface area (Å²) in [5.74, 6) is 0.539. The van der Waals surface area contributed by atoms with Gasteiger partial charge in [0.1, 0.15) is 19.3 Å². The van der Waals surface area contributed by atoms with Crippen molar-refractivity contribution in [3.8, 4) is 11.5 Å². The van der Waals surface area contributed by atoms with Crippen LogP contribution >= 0.6 is 11.6 Å². The molecule has 0 radical (unpaired) electrons. The maximum Gasteiger partial charge on any atom is 0.243 e. The minimum atomic E-state index is -3.86. The number of aryl methyl sites for hydroxylation is 1. The smallest absolute Gasteiger partial charge is 0.243 e. The highest BCUT2D eigenvalue weighted by molar-refractivity contribution is 7.89. The highest BCUT2D eigenvalue weighted by atomic mass is 35.5. The molecule has 1 saturated heterocycles. The molecule has 0 saturated carbocycles. The van der Waals surface area contributed by atoms with Crippen molar-refractivity contribution in [1.82, 2.24) is 4.31 Å². The van der Waals surface area contributed by atoms with Crippen LogP contribution in [-0.4, -0.2) is 44.4 Å². The van der Waals surface area contributed by atoms with Crippen LogP contribution in [0, 0.1) is 6.92 Å². The van der Waals surface area contributed by atoms with Crippen LogP contribution in [0.5, 0.6) is 11.5 Å². The molecule has 2 aromatic rings. The van der Waals surface area contributed by atoms with Crippen molar-refractivity contribution in [2.24, 2.45) is 0 Å². The lowest BCUT2D eigenvalue weighted by atomic mass is 10.2. The Morgan fingerprint density at radius 2 is 1.90 bits per heavy atom. The van der Waals surface area contributed by atoms with Crippen LogP contribution < -0.4 is 14.8 Å². The fourth-order valence-electron chi connectivity index (χ4n) is 3.51. The Hall–Kier alpha value is -2.29. The molecule has 7 nitrogen and oxygen atoms in total. The summed E-state index contributed by atoms with van der Waals surface area (Å²) in [6.45, 7) is 2.94. The second-order valence-corrected chi connectivity index (χ2v) is 9.33. The third kappa shape index (κ3) is 3.92. The normalized spacial score (nSPS) is 19.2. The highest BCUT2D eigenvalue weighted by Crippen LogP contribution is 2.35. The van der Waals surface area contributed by atoms with Gasteiger partial charge in [-0.05, 0) is 49.6 Å². The van der Waals surface area contributed by atoms with Crippen LogP contribution in [0.4, 0.5) is 5.69 Å². The van der Waals surface area contributed by atoms with Crippen molar-refractivity contribution in [1.29, 1.82) is 0 Å². The molecule has 2 aliphatic heterocycles. The topological polar surface area (TPSA) is 84.9 Å². The summed E-state index contributed by atoms with van der Waals surface area (Å²) in [6.07, 6.45) is 1.06. The molecule has 2 heterocycles. The molecule has 29 heavy (non-hydrogen) atoms. The predicted octanol–water partition coefficient (Wildman–Crippen LogP) is 3.21. The van der Waals surface area contributed by atoms with Gasteiger partial charge in [0.05, 0.1) is 4.90 Å². The number of hydrogen-bond donors (Lipinski definition) is 1. The molecule has 4 rings (SSSR count). The zero-order valence-electron chi connectivity index (χ0n) is 15.9. The zero-order chi connectivity index (χ0) is 20.6. The van der Waals surface area contributed by atoms with Gasteiger partial charge in [-0.25, -0.2) is 8.42 Å². The molecular formula is C20H21ClN2O5S. The van der Waals surface area contributed by atoms with E-state index in [9.17, 15) is 13.2 Å². The fraction of sp³-hybridized carbons (Fsp3) is 0.350. The molecular weight excluding hydrogens is 416 g/mol. The number of carbonyl (C=O) groups is 1. The summed E-state index contributed by atoms with van der Waals surface area (Å²) in [5, 5.41) is 3.32. The largest absolute Gasteiger partial charge is 0.486 e. The number of halogens is 1. The number of anilines is 1. The van der Waals surface area contributed by atoms with Crippen molar-refractivity contribution in [3.05, 3.63) is 47.0 Å². The molecule has 2 aromatic carbocycles. The van der Waals surface area contributed by atoms with Gasteiger partial charge in [0, 0.05) is 23.3 Å². The highest BCUT2D eigenvalue weighted by Gasteiger charge is 2.40. The van der Waals surface area contributed by atoms with Crippen LogP contribution in [0.15, 0.2) is 41.3 Å². The van der Waals surface area contributed by atoms with Crippen molar-refractivity contribution >= 4 is 33.2 Å². The third-order valence-electron chi connectivity index (χ3n) is 5.07. The zero-order valence-corrected chi connectivity index (χ0v) is 17.4. The lowest BCUT2D eigenvalue weighted by Crippen LogP contribution is -2.43.